The van der Waals surface area contributed by atoms with Gasteiger partial charge in [-0.25, -0.2) is 4.68 Å². The largest absolute Gasteiger partial charge is 0.380 e. The predicted octanol–water partition coefficient (Wildman–Crippen LogP) is 3.42. The maximum atomic E-state index is 8.79. The maximum absolute atomic E-state index is 8.79. The van der Waals surface area contributed by atoms with Crippen molar-refractivity contribution < 1.29 is 0 Å². The summed E-state index contributed by atoms with van der Waals surface area (Å²) in [5, 5.41) is 18.2. The maximum Gasteiger partial charge on any atom is 0.100 e. The van der Waals surface area contributed by atoms with Gasteiger partial charge in [-0.05, 0) is 36.4 Å². The Hall–Kier alpha value is -2.58. The van der Waals surface area contributed by atoms with Gasteiger partial charge in [-0.1, -0.05) is 0 Å². The number of thiophene rings is 1. The molecule has 0 aliphatic carbocycles. The summed E-state index contributed by atoms with van der Waals surface area (Å²) in [6, 6.07) is 14.0. The summed E-state index contributed by atoms with van der Waals surface area (Å²) in [5.41, 5.74) is 2.80. The molecule has 4 nitrogen and oxygen atoms in total. The second-order valence-electron chi connectivity index (χ2n) is 4.26. The first-order valence-corrected chi connectivity index (χ1v) is 7.04. The molecule has 0 aliphatic rings. The van der Waals surface area contributed by atoms with Crippen LogP contribution in [0, 0.1) is 11.3 Å². The Balaban J connectivity index is 1.65. The molecule has 0 aliphatic heterocycles. The van der Waals surface area contributed by atoms with Crippen LogP contribution in [-0.4, -0.2) is 9.78 Å². The van der Waals surface area contributed by atoms with Gasteiger partial charge in [0.1, 0.15) is 6.07 Å². The Labute approximate surface area is 120 Å². The standard InChI is InChI=1S/C15H12N4S/c16-9-12-8-15(20-11-12)10-17-13-2-4-14(5-3-13)19-7-1-6-18-19/h1-8,11,17H,10H2. The first-order chi connectivity index (χ1) is 9.85. The lowest BCUT2D eigenvalue weighted by molar-refractivity contribution is 0.880. The summed E-state index contributed by atoms with van der Waals surface area (Å²) < 4.78 is 1.82. The van der Waals surface area contributed by atoms with Crippen molar-refractivity contribution in [1.82, 2.24) is 9.78 Å². The third-order valence-electron chi connectivity index (χ3n) is 2.89. The van der Waals surface area contributed by atoms with Crippen molar-refractivity contribution in [1.29, 1.82) is 5.26 Å². The lowest BCUT2D eigenvalue weighted by Crippen LogP contribution is -1.98. The van der Waals surface area contributed by atoms with Crippen molar-refractivity contribution in [3.8, 4) is 11.8 Å². The molecule has 98 valence electrons. The minimum absolute atomic E-state index is 0.723. The minimum atomic E-state index is 0.723. The molecule has 20 heavy (non-hydrogen) atoms. The van der Waals surface area contributed by atoms with Crippen molar-refractivity contribution in [2.45, 2.75) is 6.54 Å². The fourth-order valence-corrected chi connectivity index (χ4v) is 2.62. The van der Waals surface area contributed by atoms with Crippen molar-refractivity contribution in [2.75, 3.05) is 5.32 Å². The molecule has 2 heterocycles. The van der Waals surface area contributed by atoms with E-state index in [-0.39, 0.29) is 0 Å². The smallest absolute Gasteiger partial charge is 0.100 e. The first-order valence-electron chi connectivity index (χ1n) is 6.16. The monoisotopic (exact) mass is 280 g/mol. The zero-order valence-corrected chi connectivity index (χ0v) is 11.5. The highest BCUT2D eigenvalue weighted by Crippen LogP contribution is 2.17. The van der Waals surface area contributed by atoms with Crippen LogP contribution >= 0.6 is 11.3 Å². The summed E-state index contributed by atoms with van der Waals surface area (Å²) in [7, 11) is 0. The second kappa shape index (κ2) is 5.59. The molecule has 0 spiro atoms. The number of benzene rings is 1. The Morgan fingerprint density at radius 2 is 2.15 bits per heavy atom. The fourth-order valence-electron chi connectivity index (χ4n) is 1.87. The highest BCUT2D eigenvalue weighted by atomic mass is 32.1. The molecular formula is C15H12N4S. The molecule has 0 bridgehead atoms. The van der Waals surface area contributed by atoms with Crippen LogP contribution in [0.5, 0.6) is 0 Å². The van der Waals surface area contributed by atoms with E-state index in [2.05, 4.69) is 16.5 Å². The van der Waals surface area contributed by atoms with E-state index in [1.807, 2.05) is 52.7 Å². The molecule has 0 amide bonds. The third-order valence-corrected chi connectivity index (χ3v) is 3.82. The summed E-state index contributed by atoms with van der Waals surface area (Å²) in [5.74, 6) is 0. The van der Waals surface area contributed by atoms with E-state index in [9.17, 15) is 0 Å². The summed E-state index contributed by atoms with van der Waals surface area (Å²) in [4.78, 5) is 1.15. The lowest BCUT2D eigenvalue weighted by atomic mass is 10.2. The van der Waals surface area contributed by atoms with Crippen molar-refractivity contribution in [3.05, 3.63) is 64.6 Å². The highest BCUT2D eigenvalue weighted by molar-refractivity contribution is 7.10. The van der Waals surface area contributed by atoms with E-state index in [4.69, 9.17) is 5.26 Å². The van der Waals surface area contributed by atoms with E-state index in [1.54, 1.807) is 17.5 Å². The molecule has 0 atom stereocenters. The van der Waals surface area contributed by atoms with Crippen LogP contribution in [-0.2, 0) is 6.54 Å². The Morgan fingerprint density at radius 3 is 2.80 bits per heavy atom. The molecule has 0 saturated heterocycles. The number of hydrogen-bond donors (Lipinski definition) is 1. The van der Waals surface area contributed by atoms with Crippen LogP contribution < -0.4 is 5.32 Å². The molecule has 2 aromatic heterocycles. The van der Waals surface area contributed by atoms with Gasteiger partial charge in [0, 0.05) is 34.9 Å². The van der Waals surface area contributed by atoms with Crippen molar-refractivity contribution in [2.24, 2.45) is 0 Å². The topological polar surface area (TPSA) is 53.6 Å². The SMILES string of the molecule is N#Cc1csc(CNc2ccc(-n3cccn3)cc2)c1. The van der Waals surface area contributed by atoms with Gasteiger partial charge in [0.05, 0.1) is 11.3 Å². The summed E-state index contributed by atoms with van der Waals surface area (Å²) in [6.07, 6.45) is 3.67. The molecule has 3 rings (SSSR count). The van der Waals surface area contributed by atoms with Gasteiger partial charge in [-0.15, -0.1) is 11.3 Å². The molecule has 0 radical (unpaired) electrons. The highest BCUT2D eigenvalue weighted by Gasteiger charge is 2.00. The molecule has 3 aromatic rings. The van der Waals surface area contributed by atoms with Crippen LogP contribution in [0.15, 0.2) is 54.2 Å². The van der Waals surface area contributed by atoms with Crippen LogP contribution in [0.4, 0.5) is 5.69 Å². The van der Waals surface area contributed by atoms with Gasteiger partial charge < -0.3 is 5.32 Å². The Bertz CT molecular complexity index is 720. The van der Waals surface area contributed by atoms with Gasteiger partial charge in [0.2, 0.25) is 0 Å². The molecule has 0 unspecified atom stereocenters. The number of hydrogen-bond acceptors (Lipinski definition) is 4. The van der Waals surface area contributed by atoms with Crippen LogP contribution in [0.2, 0.25) is 0 Å². The van der Waals surface area contributed by atoms with Crippen LogP contribution in [0.1, 0.15) is 10.4 Å². The molecular weight excluding hydrogens is 268 g/mol. The number of aromatic nitrogens is 2. The zero-order chi connectivity index (χ0) is 13.8. The van der Waals surface area contributed by atoms with Gasteiger partial charge in [-0.2, -0.15) is 10.4 Å². The first kappa shape index (κ1) is 12.5. The van der Waals surface area contributed by atoms with E-state index in [0.29, 0.717) is 0 Å². The summed E-state index contributed by atoms with van der Waals surface area (Å²) in [6.45, 7) is 0.730. The van der Waals surface area contributed by atoms with Gasteiger partial charge in [0.15, 0.2) is 0 Å². The quantitative estimate of drug-likeness (QED) is 0.796. The number of anilines is 1. The molecule has 1 N–H and O–H groups in total. The lowest BCUT2D eigenvalue weighted by Gasteiger charge is -2.06. The fraction of sp³-hybridized carbons (Fsp3) is 0.0667. The van der Waals surface area contributed by atoms with E-state index in [1.165, 1.54) is 0 Å². The minimum Gasteiger partial charge on any atom is -0.380 e. The van der Waals surface area contributed by atoms with Crippen LogP contribution in [0.3, 0.4) is 0 Å². The zero-order valence-electron chi connectivity index (χ0n) is 10.7. The number of rotatable bonds is 4. The molecule has 5 heteroatoms. The van der Waals surface area contributed by atoms with E-state index in [0.717, 1.165) is 28.4 Å². The Kier molecular flexibility index (Phi) is 3.48. The molecule has 1 aromatic carbocycles. The van der Waals surface area contributed by atoms with Gasteiger partial charge in [-0.3, -0.25) is 0 Å². The summed E-state index contributed by atoms with van der Waals surface area (Å²) >= 11 is 1.60. The Morgan fingerprint density at radius 1 is 1.30 bits per heavy atom. The third kappa shape index (κ3) is 2.71. The molecule has 0 fully saturated rings. The average Bonchev–Trinajstić information content (AvgIpc) is 3.17. The number of nitrogens with zero attached hydrogens (tertiary/aromatic N) is 3. The second-order valence-corrected chi connectivity index (χ2v) is 5.26. The normalized spacial score (nSPS) is 10.2. The van der Waals surface area contributed by atoms with E-state index < -0.39 is 0 Å². The number of nitriles is 1. The number of nitrogens with one attached hydrogen (secondary N) is 1. The van der Waals surface area contributed by atoms with Gasteiger partial charge >= 0.3 is 0 Å². The van der Waals surface area contributed by atoms with Crippen molar-refractivity contribution in [3.63, 3.8) is 0 Å². The molecule has 0 saturated carbocycles. The average molecular weight is 280 g/mol. The van der Waals surface area contributed by atoms with E-state index >= 15 is 0 Å². The van der Waals surface area contributed by atoms with Crippen molar-refractivity contribution >= 4 is 17.0 Å². The van der Waals surface area contributed by atoms with Gasteiger partial charge in [0.25, 0.3) is 0 Å². The van der Waals surface area contributed by atoms with Crippen LogP contribution in [0.25, 0.3) is 5.69 Å². The predicted molar refractivity (Wildman–Crippen MR) is 79.9 cm³/mol.